The highest BCUT2D eigenvalue weighted by Gasteiger charge is 2.16. The molecule has 0 fully saturated rings. The number of hydrogen-bond acceptors (Lipinski definition) is 2. The normalized spacial score (nSPS) is 9.44. The number of carbonyl (C=O) groups is 1. The minimum Gasteiger partial charge on any atom is -0.368 e. The molecule has 0 saturated heterocycles. The van der Waals surface area contributed by atoms with Crippen molar-refractivity contribution in [2.24, 2.45) is 11.5 Å². The average molecular weight is 132 g/mol. The van der Waals surface area contributed by atoms with Crippen molar-refractivity contribution < 1.29 is 4.79 Å². The first-order chi connectivity index (χ1) is 3.94. The van der Waals surface area contributed by atoms with Gasteiger partial charge in [0, 0.05) is 0 Å². The second-order valence-corrected chi connectivity index (χ2v) is 2.09. The fourth-order valence-corrected chi connectivity index (χ4v) is 0. The molecule has 0 aromatic carbocycles. The van der Waals surface area contributed by atoms with Crippen LogP contribution in [0.25, 0.3) is 0 Å². The van der Waals surface area contributed by atoms with Gasteiger partial charge in [0.25, 0.3) is 0 Å². The summed E-state index contributed by atoms with van der Waals surface area (Å²) in [6.45, 7) is 7.13. The van der Waals surface area contributed by atoms with E-state index in [2.05, 4.69) is 0 Å². The van der Waals surface area contributed by atoms with Crippen LogP contribution in [0.2, 0.25) is 0 Å². The Kier molecular flexibility index (Phi) is 5.41. The SMILES string of the molecule is CC.CC(C)(N)C(N)=O. The van der Waals surface area contributed by atoms with Crippen molar-refractivity contribution in [3.63, 3.8) is 0 Å². The second-order valence-electron chi connectivity index (χ2n) is 2.09. The van der Waals surface area contributed by atoms with E-state index in [0.29, 0.717) is 0 Å². The van der Waals surface area contributed by atoms with Crippen molar-refractivity contribution >= 4 is 5.91 Å². The lowest BCUT2D eigenvalue weighted by atomic mass is 10.1. The first kappa shape index (κ1) is 11.3. The molecule has 0 rings (SSSR count). The van der Waals surface area contributed by atoms with E-state index in [9.17, 15) is 4.79 Å². The van der Waals surface area contributed by atoms with Crippen molar-refractivity contribution in [3.8, 4) is 0 Å². The summed E-state index contributed by atoms with van der Waals surface area (Å²) >= 11 is 0. The van der Waals surface area contributed by atoms with Crippen LogP contribution in [0.3, 0.4) is 0 Å². The Balaban J connectivity index is 0. The molecule has 3 nitrogen and oxygen atoms in total. The fourth-order valence-electron chi connectivity index (χ4n) is 0. The lowest BCUT2D eigenvalue weighted by Crippen LogP contribution is -2.46. The summed E-state index contributed by atoms with van der Waals surface area (Å²) in [5.74, 6) is -0.479. The Morgan fingerprint density at radius 3 is 1.44 bits per heavy atom. The number of hydrogen-bond donors (Lipinski definition) is 2. The van der Waals surface area contributed by atoms with E-state index in [1.165, 1.54) is 0 Å². The van der Waals surface area contributed by atoms with E-state index in [0.717, 1.165) is 0 Å². The van der Waals surface area contributed by atoms with Crippen LogP contribution in [0.1, 0.15) is 27.7 Å². The highest BCUT2D eigenvalue weighted by Crippen LogP contribution is 1.90. The quantitative estimate of drug-likeness (QED) is 0.536. The van der Waals surface area contributed by atoms with Crippen LogP contribution in [-0.4, -0.2) is 11.4 Å². The molecule has 0 aliphatic carbocycles. The first-order valence-electron chi connectivity index (χ1n) is 3.03. The molecule has 0 bridgehead atoms. The van der Waals surface area contributed by atoms with E-state index >= 15 is 0 Å². The Bertz CT molecular complexity index is 83.5. The fraction of sp³-hybridized carbons (Fsp3) is 0.833. The number of carbonyl (C=O) groups excluding carboxylic acids is 1. The number of amides is 1. The van der Waals surface area contributed by atoms with Gasteiger partial charge in [0.05, 0.1) is 5.54 Å². The van der Waals surface area contributed by atoms with E-state index in [4.69, 9.17) is 11.5 Å². The van der Waals surface area contributed by atoms with Crippen molar-refractivity contribution in [2.45, 2.75) is 33.2 Å². The molecule has 0 saturated carbocycles. The molecule has 3 heteroatoms. The summed E-state index contributed by atoms with van der Waals surface area (Å²) in [6.07, 6.45) is 0. The van der Waals surface area contributed by atoms with Crippen LogP contribution in [0.4, 0.5) is 0 Å². The van der Waals surface area contributed by atoms with Gasteiger partial charge in [-0.2, -0.15) is 0 Å². The monoisotopic (exact) mass is 132 g/mol. The van der Waals surface area contributed by atoms with Gasteiger partial charge in [0.2, 0.25) is 5.91 Å². The lowest BCUT2D eigenvalue weighted by molar-refractivity contribution is -0.121. The zero-order chi connectivity index (χ0) is 8.08. The minimum absolute atomic E-state index is 0.479. The van der Waals surface area contributed by atoms with Crippen molar-refractivity contribution in [1.29, 1.82) is 0 Å². The van der Waals surface area contributed by atoms with Crippen LogP contribution in [-0.2, 0) is 4.79 Å². The number of rotatable bonds is 1. The topological polar surface area (TPSA) is 69.1 Å². The lowest BCUT2D eigenvalue weighted by Gasteiger charge is -2.10. The molecule has 0 radical (unpaired) electrons. The molecule has 0 aromatic heterocycles. The molecule has 9 heavy (non-hydrogen) atoms. The van der Waals surface area contributed by atoms with E-state index in [1.807, 2.05) is 13.8 Å². The third kappa shape index (κ3) is 7.43. The summed E-state index contributed by atoms with van der Waals surface area (Å²) in [5.41, 5.74) is 9.15. The molecule has 0 atom stereocenters. The molecule has 1 amide bonds. The maximum atomic E-state index is 10.1. The van der Waals surface area contributed by atoms with Gasteiger partial charge >= 0.3 is 0 Å². The maximum absolute atomic E-state index is 10.1. The molecular weight excluding hydrogens is 116 g/mol. The van der Waals surface area contributed by atoms with E-state index in [1.54, 1.807) is 13.8 Å². The van der Waals surface area contributed by atoms with Gasteiger partial charge in [-0.1, -0.05) is 13.8 Å². The average Bonchev–Trinajstić information content (AvgIpc) is 1.69. The van der Waals surface area contributed by atoms with Gasteiger partial charge < -0.3 is 11.5 Å². The third-order valence-electron chi connectivity index (χ3n) is 0.635. The standard InChI is InChI=1S/C4H10N2O.C2H6/c1-4(2,6)3(5)7;1-2/h6H2,1-2H3,(H2,5,7);1-2H3. The highest BCUT2D eigenvalue weighted by atomic mass is 16.1. The van der Waals surface area contributed by atoms with Crippen LogP contribution >= 0.6 is 0 Å². The highest BCUT2D eigenvalue weighted by molar-refractivity contribution is 5.83. The number of nitrogens with two attached hydrogens (primary N) is 2. The molecule has 0 aliphatic rings. The Morgan fingerprint density at radius 2 is 1.44 bits per heavy atom. The molecular formula is C6H16N2O. The Labute approximate surface area is 56.4 Å². The molecule has 0 aromatic rings. The predicted octanol–water partition coefficient (Wildman–Crippen LogP) is 0.235. The van der Waals surface area contributed by atoms with Gasteiger partial charge in [-0.15, -0.1) is 0 Å². The van der Waals surface area contributed by atoms with Crippen LogP contribution in [0.5, 0.6) is 0 Å². The summed E-state index contributed by atoms with van der Waals surface area (Å²) in [6, 6.07) is 0. The third-order valence-corrected chi connectivity index (χ3v) is 0.635. The van der Waals surface area contributed by atoms with Gasteiger partial charge in [-0.05, 0) is 13.8 Å². The zero-order valence-corrected chi connectivity index (χ0v) is 6.56. The molecule has 0 aliphatic heterocycles. The largest absolute Gasteiger partial charge is 0.368 e. The van der Waals surface area contributed by atoms with Crippen molar-refractivity contribution in [3.05, 3.63) is 0 Å². The van der Waals surface area contributed by atoms with Crippen molar-refractivity contribution in [1.82, 2.24) is 0 Å². The predicted molar refractivity (Wildman–Crippen MR) is 38.8 cm³/mol. The minimum atomic E-state index is -0.861. The summed E-state index contributed by atoms with van der Waals surface area (Å²) in [7, 11) is 0. The Hall–Kier alpha value is -0.570. The molecule has 0 spiro atoms. The molecule has 0 unspecified atom stereocenters. The molecule has 4 N–H and O–H groups in total. The van der Waals surface area contributed by atoms with Crippen LogP contribution < -0.4 is 11.5 Å². The number of primary amides is 1. The molecule has 0 heterocycles. The maximum Gasteiger partial charge on any atom is 0.236 e. The summed E-state index contributed by atoms with van der Waals surface area (Å²) in [4.78, 5) is 10.1. The molecule has 56 valence electrons. The smallest absolute Gasteiger partial charge is 0.236 e. The second kappa shape index (κ2) is 4.32. The summed E-state index contributed by atoms with van der Waals surface area (Å²) in [5, 5.41) is 0. The van der Waals surface area contributed by atoms with E-state index < -0.39 is 11.4 Å². The van der Waals surface area contributed by atoms with Gasteiger partial charge in [0.1, 0.15) is 0 Å². The van der Waals surface area contributed by atoms with Crippen LogP contribution in [0.15, 0.2) is 0 Å². The summed E-state index contributed by atoms with van der Waals surface area (Å²) < 4.78 is 0. The van der Waals surface area contributed by atoms with E-state index in [-0.39, 0.29) is 0 Å². The van der Waals surface area contributed by atoms with Gasteiger partial charge in [-0.3, -0.25) is 4.79 Å². The van der Waals surface area contributed by atoms with Gasteiger partial charge in [-0.25, -0.2) is 0 Å². The Morgan fingerprint density at radius 1 is 1.33 bits per heavy atom. The zero-order valence-electron chi connectivity index (χ0n) is 6.56. The first-order valence-corrected chi connectivity index (χ1v) is 3.03. The van der Waals surface area contributed by atoms with Crippen molar-refractivity contribution in [2.75, 3.05) is 0 Å². The van der Waals surface area contributed by atoms with Gasteiger partial charge in [0.15, 0.2) is 0 Å². The van der Waals surface area contributed by atoms with Crippen LogP contribution in [0, 0.1) is 0 Å².